The molecule has 0 fully saturated rings. The van der Waals surface area contributed by atoms with E-state index in [1.165, 1.54) is 0 Å². The van der Waals surface area contributed by atoms with Crippen molar-refractivity contribution >= 4 is 5.97 Å². The third kappa shape index (κ3) is 6.58. The molecule has 0 spiro atoms. The number of carboxylic acids is 1. The predicted octanol–water partition coefficient (Wildman–Crippen LogP) is 2.30. The monoisotopic (exact) mass is 188 g/mol. The predicted molar refractivity (Wildman–Crippen MR) is 51.8 cm³/mol. The van der Waals surface area contributed by atoms with E-state index in [0.29, 0.717) is 6.61 Å². The van der Waals surface area contributed by atoms with Gasteiger partial charge < -0.3 is 9.84 Å². The molecule has 0 amide bonds. The van der Waals surface area contributed by atoms with Gasteiger partial charge in [-0.05, 0) is 19.3 Å². The Morgan fingerprint density at radius 1 is 1.38 bits per heavy atom. The van der Waals surface area contributed by atoms with Gasteiger partial charge in [0.05, 0.1) is 5.92 Å². The summed E-state index contributed by atoms with van der Waals surface area (Å²) in [6.45, 7) is 2.74. The number of hydrogen-bond donors (Lipinski definition) is 1. The lowest BCUT2D eigenvalue weighted by atomic mass is 9.97. The number of rotatable bonds is 8. The summed E-state index contributed by atoms with van der Waals surface area (Å²) in [5, 5.41) is 8.86. The van der Waals surface area contributed by atoms with Crippen molar-refractivity contribution in [3.8, 4) is 0 Å². The molecule has 0 radical (unpaired) electrons. The molecular weight excluding hydrogens is 168 g/mol. The molecule has 78 valence electrons. The molecule has 0 rings (SSSR count). The van der Waals surface area contributed by atoms with Gasteiger partial charge in [-0.25, -0.2) is 0 Å². The van der Waals surface area contributed by atoms with E-state index in [9.17, 15) is 4.79 Å². The van der Waals surface area contributed by atoms with Gasteiger partial charge in [0, 0.05) is 13.7 Å². The van der Waals surface area contributed by atoms with Crippen LogP contribution in [0.2, 0.25) is 0 Å². The largest absolute Gasteiger partial charge is 0.481 e. The van der Waals surface area contributed by atoms with Crippen molar-refractivity contribution in [3.05, 3.63) is 0 Å². The van der Waals surface area contributed by atoms with E-state index < -0.39 is 5.97 Å². The van der Waals surface area contributed by atoms with Gasteiger partial charge in [0.15, 0.2) is 0 Å². The van der Waals surface area contributed by atoms with Crippen LogP contribution in [0.4, 0.5) is 0 Å². The van der Waals surface area contributed by atoms with Crippen LogP contribution >= 0.6 is 0 Å². The van der Waals surface area contributed by atoms with E-state index in [2.05, 4.69) is 6.92 Å². The minimum absolute atomic E-state index is 0.171. The molecule has 13 heavy (non-hydrogen) atoms. The van der Waals surface area contributed by atoms with Crippen molar-refractivity contribution in [2.75, 3.05) is 13.7 Å². The van der Waals surface area contributed by atoms with Crippen molar-refractivity contribution in [1.82, 2.24) is 0 Å². The van der Waals surface area contributed by atoms with Gasteiger partial charge in [-0.3, -0.25) is 4.79 Å². The van der Waals surface area contributed by atoms with Gasteiger partial charge in [0.25, 0.3) is 0 Å². The van der Waals surface area contributed by atoms with Crippen molar-refractivity contribution < 1.29 is 14.6 Å². The fourth-order valence-electron chi connectivity index (χ4n) is 1.32. The Hall–Kier alpha value is -0.570. The van der Waals surface area contributed by atoms with E-state index in [1.807, 2.05) is 0 Å². The number of carbonyl (C=O) groups is 1. The molecular formula is C10H20O3. The summed E-state index contributed by atoms with van der Waals surface area (Å²) in [5.74, 6) is -0.834. The van der Waals surface area contributed by atoms with Gasteiger partial charge in [0.2, 0.25) is 0 Å². The second kappa shape index (κ2) is 8.05. The fraction of sp³-hybridized carbons (Fsp3) is 0.900. The Morgan fingerprint density at radius 3 is 2.46 bits per heavy atom. The smallest absolute Gasteiger partial charge is 0.306 e. The first-order chi connectivity index (χ1) is 6.22. The molecule has 1 unspecified atom stereocenters. The van der Waals surface area contributed by atoms with E-state index in [4.69, 9.17) is 9.84 Å². The van der Waals surface area contributed by atoms with Gasteiger partial charge in [-0.15, -0.1) is 0 Å². The molecule has 3 nitrogen and oxygen atoms in total. The Bertz CT molecular complexity index is 134. The van der Waals surface area contributed by atoms with Gasteiger partial charge in [0.1, 0.15) is 0 Å². The Balaban J connectivity index is 3.61. The molecule has 0 aromatic heterocycles. The first-order valence-corrected chi connectivity index (χ1v) is 4.94. The summed E-state index contributed by atoms with van der Waals surface area (Å²) in [6.07, 6.45) is 4.45. The highest BCUT2D eigenvalue weighted by Gasteiger charge is 2.15. The molecule has 1 atom stereocenters. The second-order valence-electron chi connectivity index (χ2n) is 3.31. The second-order valence-corrected chi connectivity index (χ2v) is 3.31. The summed E-state index contributed by atoms with van der Waals surface area (Å²) in [6, 6.07) is 0. The van der Waals surface area contributed by atoms with Crippen molar-refractivity contribution in [2.24, 2.45) is 5.92 Å². The molecule has 3 heteroatoms. The molecule has 0 aromatic rings. The third-order valence-corrected chi connectivity index (χ3v) is 2.16. The SMILES string of the molecule is CCCCC(CCCOC)C(=O)O. The van der Waals surface area contributed by atoms with Crippen LogP contribution in [0.25, 0.3) is 0 Å². The first-order valence-electron chi connectivity index (χ1n) is 4.94. The van der Waals surface area contributed by atoms with Gasteiger partial charge in [-0.1, -0.05) is 19.8 Å². The lowest BCUT2D eigenvalue weighted by molar-refractivity contribution is -0.142. The maximum absolute atomic E-state index is 10.8. The zero-order valence-electron chi connectivity index (χ0n) is 8.58. The maximum Gasteiger partial charge on any atom is 0.306 e. The van der Waals surface area contributed by atoms with Gasteiger partial charge in [-0.2, -0.15) is 0 Å². The molecule has 0 heterocycles. The van der Waals surface area contributed by atoms with Crippen LogP contribution in [0.5, 0.6) is 0 Å². The Labute approximate surface area is 80.1 Å². The summed E-state index contributed by atoms with van der Waals surface area (Å²) < 4.78 is 4.88. The van der Waals surface area contributed by atoms with E-state index in [0.717, 1.165) is 32.1 Å². The molecule has 1 N–H and O–H groups in total. The molecule has 0 aliphatic rings. The highest BCUT2D eigenvalue weighted by atomic mass is 16.5. The van der Waals surface area contributed by atoms with E-state index in [1.54, 1.807) is 7.11 Å². The van der Waals surface area contributed by atoms with Crippen LogP contribution in [0, 0.1) is 5.92 Å². The lowest BCUT2D eigenvalue weighted by Gasteiger charge is -2.10. The fourth-order valence-corrected chi connectivity index (χ4v) is 1.32. The van der Waals surface area contributed by atoms with Crippen LogP contribution in [-0.4, -0.2) is 24.8 Å². The van der Waals surface area contributed by atoms with Crippen LogP contribution in [-0.2, 0) is 9.53 Å². The standard InChI is InChI=1S/C10H20O3/c1-3-4-6-9(10(11)12)7-5-8-13-2/h9H,3-8H2,1-2H3,(H,11,12). The normalized spacial score (nSPS) is 12.8. The first kappa shape index (κ1) is 12.4. The van der Waals surface area contributed by atoms with E-state index >= 15 is 0 Å². The number of carboxylic acid groups (broad SMARTS) is 1. The Kier molecular flexibility index (Phi) is 7.69. The Morgan fingerprint density at radius 2 is 2.00 bits per heavy atom. The molecule has 0 saturated carbocycles. The van der Waals surface area contributed by atoms with Crippen molar-refractivity contribution in [1.29, 1.82) is 0 Å². The summed E-state index contributed by atoms with van der Waals surface area (Å²) in [7, 11) is 1.64. The van der Waals surface area contributed by atoms with Gasteiger partial charge >= 0.3 is 5.97 Å². The van der Waals surface area contributed by atoms with Crippen molar-refractivity contribution in [3.63, 3.8) is 0 Å². The molecule has 0 aliphatic carbocycles. The average molecular weight is 188 g/mol. The summed E-state index contributed by atoms with van der Waals surface area (Å²) >= 11 is 0. The topological polar surface area (TPSA) is 46.5 Å². The number of aliphatic carboxylic acids is 1. The minimum atomic E-state index is -0.662. The maximum atomic E-state index is 10.8. The highest BCUT2D eigenvalue weighted by molar-refractivity contribution is 5.69. The average Bonchev–Trinajstić information content (AvgIpc) is 2.10. The van der Waals surface area contributed by atoms with Crippen LogP contribution in [0.15, 0.2) is 0 Å². The minimum Gasteiger partial charge on any atom is -0.481 e. The molecule has 0 bridgehead atoms. The molecule has 0 aromatic carbocycles. The highest BCUT2D eigenvalue weighted by Crippen LogP contribution is 2.14. The number of hydrogen-bond acceptors (Lipinski definition) is 2. The van der Waals surface area contributed by atoms with Crippen LogP contribution < -0.4 is 0 Å². The molecule has 0 aliphatic heterocycles. The molecule has 0 saturated heterocycles. The van der Waals surface area contributed by atoms with Crippen LogP contribution in [0.3, 0.4) is 0 Å². The number of unbranched alkanes of at least 4 members (excludes halogenated alkanes) is 1. The summed E-state index contributed by atoms with van der Waals surface area (Å²) in [5.41, 5.74) is 0. The summed E-state index contributed by atoms with van der Waals surface area (Å²) in [4.78, 5) is 10.8. The van der Waals surface area contributed by atoms with Crippen LogP contribution in [0.1, 0.15) is 39.0 Å². The lowest BCUT2D eigenvalue weighted by Crippen LogP contribution is -2.14. The zero-order chi connectivity index (χ0) is 10.1. The van der Waals surface area contributed by atoms with E-state index in [-0.39, 0.29) is 5.92 Å². The quantitative estimate of drug-likeness (QED) is 0.594. The van der Waals surface area contributed by atoms with Crippen molar-refractivity contribution in [2.45, 2.75) is 39.0 Å². The number of ether oxygens (including phenoxy) is 1. The number of methoxy groups -OCH3 is 1. The third-order valence-electron chi connectivity index (χ3n) is 2.16. The zero-order valence-corrected chi connectivity index (χ0v) is 8.58.